The number of amides is 1. The van der Waals surface area contributed by atoms with Gasteiger partial charge in [0.2, 0.25) is 5.91 Å². The first-order valence-corrected chi connectivity index (χ1v) is 6.77. The molecule has 0 aliphatic rings. The molecule has 0 spiro atoms. The number of hydrogen-bond donors (Lipinski definition) is 2. The molecule has 2 rings (SSSR count). The summed E-state index contributed by atoms with van der Waals surface area (Å²) in [5.41, 5.74) is 7.91. The van der Waals surface area contributed by atoms with Gasteiger partial charge in [-0.3, -0.25) is 4.79 Å². The first-order chi connectivity index (χ1) is 8.70. The van der Waals surface area contributed by atoms with Gasteiger partial charge in [0.05, 0.1) is 0 Å². The Bertz CT molecular complexity index is 505. The zero-order valence-corrected chi connectivity index (χ0v) is 11.0. The summed E-state index contributed by atoms with van der Waals surface area (Å²) < 4.78 is 0. The average Bonchev–Trinajstić information content (AvgIpc) is 2.92. The lowest BCUT2D eigenvalue weighted by Gasteiger charge is -2.11. The van der Waals surface area contributed by atoms with Crippen molar-refractivity contribution < 1.29 is 4.79 Å². The summed E-state index contributed by atoms with van der Waals surface area (Å²) in [5, 5.41) is 4.74. The topological polar surface area (TPSA) is 55.1 Å². The van der Waals surface area contributed by atoms with Crippen molar-refractivity contribution in [3.63, 3.8) is 0 Å². The van der Waals surface area contributed by atoms with E-state index in [1.54, 1.807) is 0 Å². The molecule has 4 heteroatoms. The third kappa shape index (κ3) is 2.97. The molecule has 1 aromatic heterocycles. The number of thiophene rings is 1. The summed E-state index contributed by atoms with van der Waals surface area (Å²) in [4.78, 5) is 12.8. The standard InChI is InChI=1S/C14H16N2OS/c1-2-10-5-7-11(8-6-10)16-14(17)13(15)12-4-3-9-18-12/h3-9,13H,2,15H2,1H3,(H,16,17). The van der Waals surface area contributed by atoms with Gasteiger partial charge in [-0.2, -0.15) is 0 Å². The van der Waals surface area contributed by atoms with E-state index in [1.165, 1.54) is 16.9 Å². The SMILES string of the molecule is CCc1ccc(NC(=O)C(N)c2cccs2)cc1. The molecular weight excluding hydrogens is 244 g/mol. The number of benzene rings is 1. The minimum atomic E-state index is -0.601. The zero-order valence-electron chi connectivity index (χ0n) is 10.2. The van der Waals surface area contributed by atoms with Gasteiger partial charge in [0.25, 0.3) is 0 Å². The molecule has 0 aliphatic heterocycles. The van der Waals surface area contributed by atoms with Crippen molar-refractivity contribution >= 4 is 22.9 Å². The second-order valence-electron chi connectivity index (χ2n) is 4.03. The van der Waals surface area contributed by atoms with Gasteiger partial charge in [-0.25, -0.2) is 0 Å². The van der Waals surface area contributed by atoms with Crippen LogP contribution in [0.5, 0.6) is 0 Å². The number of rotatable bonds is 4. The van der Waals surface area contributed by atoms with E-state index in [-0.39, 0.29) is 5.91 Å². The van der Waals surface area contributed by atoms with Crippen molar-refractivity contribution in [1.29, 1.82) is 0 Å². The molecule has 2 aromatic rings. The van der Waals surface area contributed by atoms with Gasteiger partial charge < -0.3 is 11.1 Å². The highest BCUT2D eigenvalue weighted by atomic mass is 32.1. The lowest BCUT2D eigenvalue weighted by Crippen LogP contribution is -2.26. The predicted octanol–water partition coefficient (Wildman–Crippen LogP) is 2.95. The molecule has 0 aliphatic carbocycles. The summed E-state index contributed by atoms with van der Waals surface area (Å²) in [6.07, 6.45) is 0.989. The van der Waals surface area contributed by atoms with Crippen LogP contribution >= 0.6 is 11.3 Å². The van der Waals surface area contributed by atoms with E-state index in [0.717, 1.165) is 17.0 Å². The van der Waals surface area contributed by atoms with Crippen molar-refractivity contribution in [3.8, 4) is 0 Å². The largest absolute Gasteiger partial charge is 0.324 e. The molecule has 1 unspecified atom stereocenters. The molecule has 94 valence electrons. The quantitative estimate of drug-likeness (QED) is 0.888. The smallest absolute Gasteiger partial charge is 0.246 e. The number of carbonyl (C=O) groups excluding carboxylic acids is 1. The highest BCUT2D eigenvalue weighted by molar-refractivity contribution is 7.10. The summed E-state index contributed by atoms with van der Waals surface area (Å²) >= 11 is 1.49. The third-order valence-corrected chi connectivity index (χ3v) is 3.72. The van der Waals surface area contributed by atoms with Crippen molar-refractivity contribution in [2.24, 2.45) is 5.73 Å². The van der Waals surface area contributed by atoms with Crippen molar-refractivity contribution in [2.45, 2.75) is 19.4 Å². The molecule has 1 heterocycles. The van der Waals surface area contributed by atoms with Crippen LogP contribution in [0.25, 0.3) is 0 Å². The number of nitrogens with one attached hydrogen (secondary N) is 1. The Labute approximate surface area is 111 Å². The lowest BCUT2D eigenvalue weighted by molar-refractivity contribution is -0.117. The maximum Gasteiger partial charge on any atom is 0.246 e. The maximum atomic E-state index is 11.9. The molecule has 3 N–H and O–H groups in total. The second-order valence-corrected chi connectivity index (χ2v) is 5.01. The van der Waals surface area contributed by atoms with E-state index in [1.807, 2.05) is 41.8 Å². The van der Waals surface area contributed by atoms with Crippen LogP contribution in [0.15, 0.2) is 41.8 Å². The normalized spacial score (nSPS) is 12.1. The van der Waals surface area contributed by atoms with E-state index in [4.69, 9.17) is 5.73 Å². The van der Waals surface area contributed by atoms with Crippen LogP contribution in [0, 0.1) is 0 Å². The highest BCUT2D eigenvalue weighted by Crippen LogP contribution is 2.19. The van der Waals surface area contributed by atoms with Gasteiger partial charge in [0.1, 0.15) is 6.04 Å². The molecule has 3 nitrogen and oxygen atoms in total. The molecule has 0 bridgehead atoms. The Morgan fingerprint density at radius 1 is 1.33 bits per heavy atom. The van der Waals surface area contributed by atoms with Crippen molar-refractivity contribution in [3.05, 3.63) is 52.2 Å². The lowest BCUT2D eigenvalue weighted by atomic mass is 10.1. The molecule has 1 amide bonds. The maximum absolute atomic E-state index is 11.9. The molecule has 0 saturated carbocycles. The summed E-state index contributed by atoms with van der Waals surface area (Å²) in [7, 11) is 0. The fraction of sp³-hybridized carbons (Fsp3) is 0.214. The Kier molecular flexibility index (Phi) is 4.12. The molecule has 0 saturated heterocycles. The number of aryl methyl sites for hydroxylation is 1. The van der Waals surface area contributed by atoms with Crippen molar-refractivity contribution in [2.75, 3.05) is 5.32 Å². The van der Waals surface area contributed by atoms with Crippen LogP contribution in [0.2, 0.25) is 0 Å². The molecule has 0 radical (unpaired) electrons. The van der Waals surface area contributed by atoms with Crippen LogP contribution < -0.4 is 11.1 Å². The zero-order chi connectivity index (χ0) is 13.0. The Hall–Kier alpha value is -1.65. The van der Waals surface area contributed by atoms with Crippen LogP contribution in [0.4, 0.5) is 5.69 Å². The summed E-state index contributed by atoms with van der Waals surface area (Å²) in [5.74, 6) is -0.179. The number of hydrogen-bond acceptors (Lipinski definition) is 3. The first-order valence-electron chi connectivity index (χ1n) is 5.89. The minimum Gasteiger partial charge on any atom is -0.324 e. The average molecular weight is 260 g/mol. The number of carbonyl (C=O) groups is 1. The molecule has 1 atom stereocenters. The van der Waals surface area contributed by atoms with E-state index in [9.17, 15) is 4.79 Å². The van der Waals surface area contributed by atoms with Gasteiger partial charge in [0, 0.05) is 10.6 Å². The number of anilines is 1. The fourth-order valence-corrected chi connectivity index (χ4v) is 2.37. The minimum absolute atomic E-state index is 0.179. The monoisotopic (exact) mass is 260 g/mol. The Morgan fingerprint density at radius 2 is 2.06 bits per heavy atom. The molecule has 18 heavy (non-hydrogen) atoms. The fourth-order valence-electron chi connectivity index (χ4n) is 1.64. The van der Waals surface area contributed by atoms with Crippen LogP contribution in [0.1, 0.15) is 23.4 Å². The van der Waals surface area contributed by atoms with Crippen LogP contribution in [0.3, 0.4) is 0 Å². The van der Waals surface area contributed by atoms with Gasteiger partial charge in [0.15, 0.2) is 0 Å². The van der Waals surface area contributed by atoms with E-state index < -0.39 is 6.04 Å². The summed E-state index contributed by atoms with van der Waals surface area (Å²) in [6, 6.07) is 11.0. The Balaban J connectivity index is 2.02. The van der Waals surface area contributed by atoms with Gasteiger partial charge in [-0.15, -0.1) is 11.3 Å². The summed E-state index contributed by atoms with van der Waals surface area (Å²) in [6.45, 7) is 2.10. The van der Waals surface area contributed by atoms with Gasteiger partial charge in [-0.05, 0) is 35.6 Å². The van der Waals surface area contributed by atoms with Gasteiger partial charge >= 0.3 is 0 Å². The van der Waals surface area contributed by atoms with Crippen molar-refractivity contribution in [1.82, 2.24) is 0 Å². The van der Waals surface area contributed by atoms with Crippen LogP contribution in [-0.2, 0) is 11.2 Å². The highest BCUT2D eigenvalue weighted by Gasteiger charge is 2.16. The van der Waals surface area contributed by atoms with E-state index >= 15 is 0 Å². The van der Waals surface area contributed by atoms with E-state index in [0.29, 0.717) is 0 Å². The Morgan fingerprint density at radius 3 is 2.61 bits per heavy atom. The van der Waals surface area contributed by atoms with Gasteiger partial charge in [-0.1, -0.05) is 25.1 Å². The molecule has 0 fully saturated rings. The third-order valence-electron chi connectivity index (χ3n) is 2.76. The van der Waals surface area contributed by atoms with E-state index in [2.05, 4.69) is 12.2 Å². The predicted molar refractivity (Wildman–Crippen MR) is 75.7 cm³/mol. The van der Waals surface area contributed by atoms with Crippen LogP contribution in [-0.4, -0.2) is 5.91 Å². The number of nitrogens with two attached hydrogens (primary N) is 1. The molecular formula is C14H16N2OS. The molecule has 1 aromatic carbocycles. The second kappa shape index (κ2) is 5.80. The first kappa shape index (κ1) is 12.8.